The Kier molecular flexibility index (Phi) is 4.18. The van der Waals surface area contributed by atoms with Crippen LogP contribution in [-0.2, 0) is 4.79 Å². The van der Waals surface area contributed by atoms with Gasteiger partial charge in [-0.3, -0.25) is 10.1 Å². The van der Waals surface area contributed by atoms with Crippen LogP contribution in [0.4, 0.5) is 5.13 Å². The number of nitrogens with one attached hydrogen (secondary N) is 1. The Morgan fingerprint density at radius 2 is 1.88 bits per heavy atom. The summed E-state index contributed by atoms with van der Waals surface area (Å²) in [5.74, 6) is 0.546. The van der Waals surface area contributed by atoms with E-state index in [1.165, 1.54) is 11.3 Å². The summed E-state index contributed by atoms with van der Waals surface area (Å²) in [6, 6.07) is 16.7. The molecule has 0 aliphatic heterocycles. The first-order valence-corrected chi connectivity index (χ1v) is 8.67. The average molecular weight is 349 g/mol. The Bertz CT molecular complexity index is 944. The lowest BCUT2D eigenvalue weighted by atomic mass is 10.1. The van der Waals surface area contributed by atoms with Gasteiger partial charge in [-0.1, -0.05) is 30.3 Å². The van der Waals surface area contributed by atoms with E-state index in [1.807, 2.05) is 76.9 Å². The van der Waals surface area contributed by atoms with Crippen molar-refractivity contribution in [2.75, 3.05) is 5.32 Å². The Morgan fingerprint density at radius 1 is 1.08 bits per heavy atom. The normalized spacial score (nSPS) is 12.0. The number of aromatic nitrogens is 2. The molecule has 4 rings (SSSR count). The summed E-state index contributed by atoms with van der Waals surface area (Å²) in [4.78, 5) is 17.4. The van der Waals surface area contributed by atoms with Crippen LogP contribution in [0.5, 0.6) is 0 Å². The Balaban J connectivity index is 1.59. The number of anilines is 1. The third kappa shape index (κ3) is 3.25. The highest BCUT2D eigenvalue weighted by molar-refractivity contribution is 7.14. The molecule has 0 saturated carbocycles. The summed E-state index contributed by atoms with van der Waals surface area (Å²) >= 11 is 1.37. The second kappa shape index (κ2) is 6.78. The zero-order valence-corrected chi connectivity index (χ0v) is 14.0. The van der Waals surface area contributed by atoms with E-state index in [-0.39, 0.29) is 5.91 Å². The first kappa shape index (κ1) is 15.4. The Labute approximate surface area is 148 Å². The number of hydrogen-bond acceptors (Lipinski definition) is 4. The number of carbonyl (C=O) groups excluding carboxylic acids is 1. The summed E-state index contributed by atoms with van der Waals surface area (Å²) in [7, 11) is 0. The first-order chi connectivity index (χ1) is 12.3. The van der Waals surface area contributed by atoms with Crippen molar-refractivity contribution in [2.24, 2.45) is 0 Å². The van der Waals surface area contributed by atoms with E-state index in [1.54, 1.807) is 6.26 Å². The molecule has 0 aliphatic rings. The highest BCUT2D eigenvalue weighted by atomic mass is 32.1. The fourth-order valence-electron chi connectivity index (χ4n) is 2.66. The summed E-state index contributed by atoms with van der Waals surface area (Å²) in [5, 5.41) is 5.33. The summed E-state index contributed by atoms with van der Waals surface area (Å²) in [6.07, 6.45) is 5.37. The molecule has 5 nitrogen and oxygen atoms in total. The third-order valence-corrected chi connectivity index (χ3v) is 4.55. The molecule has 25 heavy (non-hydrogen) atoms. The van der Waals surface area contributed by atoms with Gasteiger partial charge >= 0.3 is 0 Å². The van der Waals surface area contributed by atoms with Crippen molar-refractivity contribution in [3.63, 3.8) is 0 Å². The van der Waals surface area contributed by atoms with Gasteiger partial charge in [0.25, 0.3) is 5.91 Å². The fraction of sp³-hybridized carbons (Fsp3) is 0.0526. The minimum absolute atomic E-state index is 0.136. The highest BCUT2D eigenvalue weighted by Crippen LogP contribution is 2.27. The van der Waals surface area contributed by atoms with Gasteiger partial charge in [-0.25, -0.2) is 4.98 Å². The molecular weight excluding hydrogens is 334 g/mol. The van der Waals surface area contributed by atoms with E-state index in [0.29, 0.717) is 16.6 Å². The maximum absolute atomic E-state index is 12.9. The molecule has 6 heteroatoms. The molecule has 4 aromatic rings. The van der Waals surface area contributed by atoms with Crippen LogP contribution in [0.1, 0.15) is 11.6 Å². The highest BCUT2D eigenvalue weighted by Gasteiger charge is 2.23. The number of furan rings is 1. The van der Waals surface area contributed by atoms with Crippen molar-refractivity contribution in [2.45, 2.75) is 6.04 Å². The second-order valence-corrected chi connectivity index (χ2v) is 6.31. The van der Waals surface area contributed by atoms with E-state index < -0.39 is 6.04 Å². The molecule has 3 heterocycles. The lowest BCUT2D eigenvalue weighted by Crippen LogP contribution is -2.26. The van der Waals surface area contributed by atoms with E-state index >= 15 is 0 Å². The zero-order valence-electron chi connectivity index (χ0n) is 13.2. The molecule has 0 unspecified atom stereocenters. The summed E-state index contributed by atoms with van der Waals surface area (Å²) in [6.45, 7) is 0. The molecular formula is C19H15N3O2S. The quantitative estimate of drug-likeness (QED) is 0.580. The molecule has 0 spiro atoms. The van der Waals surface area contributed by atoms with Crippen molar-refractivity contribution in [1.82, 2.24) is 9.55 Å². The Hall–Kier alpha value is -3.12. The smallest absolute Gasteiger partial charge is 0.253 e. The maximum atomic E-state index is 12.9. The van der Waals surface area contributed by atoms with Crippen molar-refractivity contribution < 1.29 is 9.21 Å². The maximum Gasteiger partial charge on any atom is 0.253 e. The van der Waals surface area contributed by atoms with Crippen LogP contribution in [0.15, 0.2) is 83.1 Å². The van der Waals surface area contributed by atoms with Gasteiger partial charge in [0.05, 0.1) is 6.26 Å². The molecule has 0 aliphatic carbocycles. The third-order valence-electron chi connectivity index (χ3n) is 3.80. The number of carbonyl (C=O) groups is 1. The van der Waals surface area contributed by atoms with Gasteiger partial charge in [-0.2, -0.15) is 0 Å². The second-order valence-electron chi connectivity index (χ2n) is 5.45. The fourth-order valence-corrected chi connectivity index (χ4v) is 3.36. The average Bonchev–Trinajstić information content (AvgIpc) is 3.38. The standard InChI is InChI=1S/C19H15N3O2S/c23-18(21-19-20-15(13-25-19)16-9-6-12-24-16)17(22-10-4-5-11-22)14-7-2-1-3-8-14/h1-13,17H,(H,20,21,23)/t17-/m0/s1. The van der Waals surface area contributed by atoms with Crippen LogP contribution in [-0.4, -0.2) is 15.5 Å². The molecule has 0 saturated heterocycles. The number of benzene rings is 1. The van der Waals surface area contributed by atoms with E-state index in [2.05, 4.69) is 10.3 Å². The van der Waals surface area contributed by atoms with Crippen LogP contribution >= 0.6 is 11.3 Å². The molecule has 1 atom stereocenters. The lowest BCUT2D eigenvalue weighted by Gasteiger charge is -2.18. The van der Waals surface area contributed by atoms with Crippen LogP contribution in [0.3, 0.4) is 0 Å². The van der Waals surface area contributed by atoms with Crippen LogP contribution in [0.25, 0.3) is 11.5 Å². The summed E-state index contributed by atoms with van der Waals surface area (Å²) in [5.41, 5.74) is 1.63. The number of rotatable bonds is 5. The number of amides is 1. The van der Waals surface area contributed by atoms with Crippen molar-refractivity contribution in [1.29, 1.82) is 0 Å². The van der Waals surface area contributed by atoms with Crippen LogP contribution < -0.4 is 5.32 Å². The molecule has 3 aromatic heterocycles. The predicted octanol–water partition coefficient (Wildman–Crippen LogP) is 4.43. The summed E-state index contributed by atoms with van der Waals surface area (Å²) < 4.78 is 7.22. The van der Waals surface area contributed by atoms with Crippen molar-refractivity contribution in [3.8, 4) is 11.5 Å². The SMILES string of the molecule is O=C(Nc1nc(-c2ccco2)cs1)[C@H](c1ccccc1)n1cccc1. The van der Waals surface area contributed by atoms with Crippen LogP contribution in [0.2, 0.25) is 0 Å². The predicted molar refractivity (Wildman–Crippen MR) is 97.5 cm³/mol. The number of thiazole rings is 1. The lowest BCUT2D eigenvalue weighted by molar-refractivity contribution is -0.118. The van der Waals surface area contributed by atoms with Gasteiger partial charge < -0.3 is 8.98 Å². The van der Waals surface area contributed by atoms with Gasteiger partial charge in [-0.05, 0) is 29.8 Å². The molecule has 1 amide bonds. The van der Waals surface area contributed by atoms with Crippen LogP contribution in [0, 0.1) is 0 Å². The minimum Gasteiger partial charge on any atom is -0.463 e. The minimum atomic E-state index is -0.452. The molecule has 124 valence electrons. The van der Waals surface area contributed by atoms with Crippen molar-refractivity contribution in [3.05, 3.63) is 84.2 Å². The zero-order chi connectivity index (χ0) is 17.1. The van der Waals surface area contributed by atoms with Gasteiger partial charge in [0.1, 0.15) is 11.7 Å². The molecule has 1 N–H and O–H groups in total. The molecule has 0 radical (unpaired) electrons. The molecule has 1 aromatic carbocycles. The first-order valence-electron chi connectivity index (χ1n) is 7.79. The largest absolute Gasteiger partial charge is 0.463 e. The van der Waals surface area contributed by atoms with Gasteiger partial charge in [0, 0.05) is 17.8 Å². The monoisotopic (exact) mass is 349 g/mol. The van der Waals surface area contributed by atoms with E-state index in [4.69, 9.17) is 4.42 Å². The number of hydrogen-bond donors (Lipinski definition) is 1. The van der Waals surface area contributed by atoms with Gasteiger partial charge in [0.2, 0.25) is 0 Å². The molecule has 0 fully saturated rings. The van der Waals surface area contributed by atoms with E-state index in [9.17, 15) is 4.79 Å². The van der Waals surface area contributed by atoms with Gasteiger partial charge in [0.15, 0.2) is 10.9 Å². The Morgan fingerprint density at radius 3 is 2.60 bits per heavy atom. The van der Waals surface area contributed by atoms with E-state index in [0.717, 1.165) is 5.56 Å². The number of nitrogens with zero attached hydrogens (tertiary/aromatic N) is 2. The molecule has 0 bridgehead atoms. The topological polar surface area (TPSA) is 60.1 Å². The van der Waals surface area contributed by atoms with Gasteiger partial charge in [-0.15, -0.1) is 11.3 Å². The van der Waals surface area contributed by atoms with Crippen molar-refractivity contribution >= 4 is 22.4 Å².